The van der Waals surface area contributed by atoms with Crippen LogP contribution in [0.15, 0.2) is 48.5 Å². The smallest absolute Gasteiger partial charge is 0.253 e. The van der Waals surface area contributed by atoms with E-state index in [1.807, 2.05) is 18.2 Å². The molecule has 0 aromatic heterocycles. The molecule has 0 aliphatic heterocycles. The molecular weight excluding hydrogens is 228 g/mol. The van der Waals surface area contributed by atoms with Gasteiger partial charge in [0.05, 0.1) is 11.3 Å². The predicted molar refractivity (Wildman–Crippen MR) is 71.2 cm³/mol. The van der Waals surface area contributed by atoms with Crippen LogP contribution in [0.2, 0.25) is 0 Å². The van der Waals surface area contributed by atoms with Crippen LogP contribution < -0.4 is 10.6 Å². The minimum absolute atomic E-state index is 0.142. The molecule has 3 N–H and O–H groups in total. The third-order valence-electron chi connectivity index (χ3n) is 2.55. The molecule has 0 spiro atoms. The van der Waals surface area contributed by atoms with Crippen molar-refractivity contribution >= 4 is 17.3 Å². The molecule has 1 amide bonds. The minimum Gasteiger partial charge on any atom is -0.508 e. The average molecular weight is 242 g/mol. The summed E-state index contributed by atoms with van der Waals surface area (Å²) in [7, 11) is 1.60. The number of phenols is 1. The molecule has 0 aliphatic carbocycles. The van der Waals surface area contributed by atoms with E-state index in [0.717, 1.165) is 11.4 Å². The second-order valence-electron chi connectivity index (χ2n) is 3.80. The first kappa shape index (κ1) is 12.0. The molecule has 2 aromatic rings. The number of para-hydroxylation sites is 1. The number of amides is 1. The van der Waals surface area contributed by atoms with Gasteiger partial charge in [0.15, 0.2) is 0 Å². The number of nitrogens with one attached hydrogen (secondary N) is 2. The molecule has 0 bridgehead atoms. The molecule has 0 aliphatic rings. The summed E-state index contributed by atoms with van der Waals surface area (Å²) in [5, 5.41) is 15.0. The van der Waals surface area contributed by atoms with Gasteiger partial charge in [0.2, 0.25) is 0 Å². The summed E-state index contributed by atoms with van der Waals surface area (Å²) in [6.45, 7) is 0. The lowest BCUT2D eigenvalue weighted by molar-refractivity contribution is 0.0964. The van der Waals surface area contributed by atoms with Crippen molar-refractivity contribution in [1.82, 2.24) is 5.32 Å². The fraction of sp³-hybridized carbons (Fsp3) is 0.0714. The van der Waals surface area contributed by atoms with Gasteiger partial charge in [-0.15, -0.1) is 0 Å². The van der Waals surface area contributed by atoms with E-state index >= 15 is 0 Å². The number of benzene rings is 2. The van der Waals surface area contributed by atoms with Crippen molar-refractivity contribution in [3.8, 4) is 5.75 Å². The number of hydrogen-bond donors (Lipinski definition) is 3. The van der Waals surface area contributed by atoms with Crippen molar-refractivity contribution in [2.45, 2.75) is 0 Å². The van der Waals surface area contributed by atoms with Crippen molar-refractivity contribution in [2.75, 3.05) is 12.4 Å². The number of carbonyl (C=O) groups excluding carboxylic acids is 1. The molecule has 0 saturated heterocycles. The Balaban J connectivity index is 2.28. The summed E-state index contributed by atoms with van der Waals surface area (Å²) < 4.78 is 0. The molecule has 0 heterocycles. The van der Waals surface area contributed by atoms with E-state index in [1.54, 1.807) is 37.4 Å². The van der Waals surface area contributed by atoms with Gasteiger partial charge >= 0.3 is 0 Å². The third-order valence-corrected chi connectivity index (χ3v) is 2.55. The lowest BCUT2D eigenvalue weighted by atomic mass is 10.1. The molecule has 0 atom stereocenters. The zero-order valence-electron chi connectivity index (χ0n) is 9.97. The van der Waals surface area contributed by atoms with Crippen LogP contribution in [-0.2, 0) is 0 Å². The first-order chi connectivity index (χ1) is 8.70. The minimum atomic E-state index is -0.142. The van der Waals surface area contributed by atoms with E-state index in [2.05, 4.69) is 10.6 Å². The van der Waals surface area contributed by atoms with Crippen LogP contribution in [0.5, 0.6) is 5.75 Å². The number of rotatable bonds is 3. The normalized spacial score (nSPS) is 9.83. The van der Waals surface area contributed by atoms with Crippen LogP contribution in [-0.4, -0.2) is 18.1 Å². The topological polar surface area (TPSA) is 61.4 Å². The Morgan fingerprint density at radius 1 is 1.06 bits per heavy atom. The standard InChI is InChI=1S/C14H14N2O2/c1-15-14(18)12-4-2-3-5-13(12)16-10-6-8-11(17)9-7-10/h2-9,16-17H,1H3,(H,15,18). The number of carbonyl (C=O) groups is 1. The van der Waals surface area contributed by atoms with Gasteiger partial charge in [-0.1, -0.05) is 12.1 Å². The fourth-order valence-corrected chi connectivity index (χ4v) is 1.63. The Morgan fingerprint density at radius 3 is 2.39 bits per heavy atom. The predicted octanol–water partition coefficient (Wildman–Crippen LogP) is 2.50. The second-order valence-corrected chi connectivity index (χ2v) is 3.80. The maximum absolute atomic E-state index is 11.7. The van der Waals surface area contributed by atoms with E-state index in [9.17, 15) is 9.90 Å². The molecular formula is C14H14N2O2. The highest BCUT2D eigenvalue weighted by molar-refractivity contribution is 6.00. The van der Waals surface area contributed by atoms with Gasteiger partial charge in [0, 0.05) is 12.7 Å². The maximum Gasteiger partial charge on any atom is 0.253 e. The van der Waals surface area contributed by atoms with Crippen LogP contribution in [0.3, 0.4) is 0 Å². The lowest BCUT2D eigenvalue weighted by Gasteiger charge is -2.11. The second kappa shape index (κ2) is 5.23. The number of phenolic OH excluding ortho intramolecular Hbond substituents is 1. The van der Waals surface area contributed by atoms with E-state index in [1.165, 1.54) is 0 Å². The highest BCUT2D eigenvalue weighted by Crippen LogP contribution is 2.22. The SMILES string of the molecule is CNC(=O)c1ccccc1Nc1ccc(O)cc1. The van der Waals surface area contributed by atoms with Crippen molar-refractivity contribution in [3.05, 3.63) is 54.1 Å². The van der Waals surface area contributed by atoms with Gasteiger partial charge in [-0.25, -0.2) is 0 Å². The third kappa shape index (κ3) is 2.60. The van der Waals surface area contributed by atoms with Gasteiger partial charge in [0.25, 0.3) is 5.91 Å². The quantitative estimate of drug-likeness (QED) is 0.725. The highest BCUT2D eigenvalue weighted by atomic mass is 16.3. The van der Waals surface area contributed by atoms with Gasteiger partial charge in [0.1, 0.15) is 5.75 Å². The Bertz CT molecular complexity index is 550. The molecule has 4 nitrogen and oxygen atoms in total. The summed E-state index contributed by atoms with van der Waals surface area (Å²) in [6, 6.07) is 13.9. The number of anilines is 2. The Labute approximate surface area is 105 Å². The zero-order valence-corrected chi connectivity index (χ0v) is 9.97. The van der Waals surface area contributed by atoms with Crippen molar-refractivity contribution in [2.24, 2.45) is 0 Å². The molecule has 92 valence electrons. The van der Waals surface area contributed by atoms with E-state index in [0.29, 0.717) is 5.56 Å². The van der Waals surface area contributed by atoms with Crippen molar-refractivity contribution in [1.29, 1.82) is 0 Å². The number of hydrogen-bond acceptors (Lipinski definition) is 3. The highest BCUT2D eigenvalue weighted by Gasteiger charge is 2.08. The monoisotopic (exact) mass is 242 g/mol. The molecule has 4 heteroatoms. The summed E-state index contributed by atoms with van der Waals surface area (Å²) in [6.07, 6.45) is 0. The first-order valence-corrected chi connectivity index (χ1v) is 5.58. The fourth-order valence-electron chi connectivity index (χ4n) is 1.63. The van der Waals surface area contributed by atoms with Crippen LogP contribution in [0.1, 0.15) is 10.4 Å². The maximum atomic E-state index is 11.7. The Morgan fingerprint density at radius 2 is 1.72 bits per heavy atom. The summed E-state index contributed by atoms with van der Waals surface area (Å²) >= 11 is 0. The van der Waals surface area contributed by atoms with Crippen molar-refractivity contribution in [3.63, 3.8) is 0 Å². The van der Waals surface area contributed by atoms with Gasteiger partial charge in [-0.05, 0) is 36.4 Å². The van der Waals surface area contributed by atoms with Gasteiger partial charge < -0.3 is 15.7 Å². The number of aromatic hydroxyl groups is 1. The van der Waals surface area contributed by atoms with Crippen molar-refractivity contribution < 1.29 is 9.90 Å². The van der Waals surface area contributed by atoms with Gasteiger partial charge in [-0.3, -0.25) is 4.79 Å². The van der Waals surface area contributed by atoms with Crippen LogP contribution in [0, 0.1) is 0 Å². The average Bonchev–Trinajstić information content (AvgIpc) is 2.41. The first-order valence-electron chi connectivity index (χ1n) is 5.58. The summed E-state index contributed by atoms with van der Waals surface area (Å²) in [4.78, 5) is 11.7. The Hall–Kier alpha value is -2.49. The zero-order chi connectivity index (χ0) is 13.0. The largest absolute Gasteiger partial charge is 0.508 e. The molecule has 0 radical (unpaired) electrons. The molecule has 0 unspecified atom stereocenters. The van der Waals surface area contributed by atoms with E-state index in [-0.39, 0.29) is 11.7 Å². The molecule has 18 heavy (non-hydrogen) atoms. The van der Waals surface area contributed by atoms with Crippen LogP contribution in [0.25, 0.3) is 0 Å². The summed E-state index contributed by atoms with van der Waals surface area (Å²) in [5.41, 5.74) is 2.11. The van der Waals surface area contributed by atoms with Gasteiger partial charge in [-0.2, -0.15) is 0 Å². The lowest BCUT2D eigenvalue weighted by Crippen LogP contribution is -2.19. The van der Waals surface area contributed by atoms with Crippen LogP contribution >= 0.6 is 0 Å². The van der Waals surface area contributed by atoms with Crippen LogP contribution in [0.4, 0.5) is 11.4 Å². The molecule has 2 rings (SSSR count). The molecule has 2 aromatic carbocycles. The summed E-state index contributed by atoms with van der Waals surface area (Å²) in [5.74, 6) is 0.0667. The van der Waals surface area contributed by atoms with E-state index in [4.69, 9.17) is 0 Å². The molecule has 0 fully saturated rings. The molecule has 0 saturated carbocycles. The van der Waals surface area contributed by atoms with E-state index < -0.39 is 0 Å². The Kier molecular flexibility index (Phi) is 3.48.